The third-order valence-electron chi connectivity index (χ3n) is 2.96. The van der Waals surface area contributed by atoms with E-state index in [1.165, 1.54) is 11.1 Å². The summed E-state index contributed by atoms with van der Waals surface area (Å²) in [4.78, 5) is 13.4. The lowest BCUT2D eigenvalue weighted by Crippen LogP contribution is -2.27. The number of benzene rings is 1. The van der Waals surface area contributed by atoms with E-state index in [9.17, 15) is 4.79 Å². The van der Waals surface area contributed by atoms with Gasteiger partial charge in [-0.2, -0.15) is 0 Å². The molecule has 1 aromatic rings. The van der Waals surface area contributed by atoms with Crippen LogP contribution in [0.4, 0.5) is 0 Å². The van der Waals surface area contributed by atoms with E-state index in [2.05, 4.69) is 31.2 Å². The fraction of sp³-hybridized carbons (Fsp3) is 0.462. The Bertz CT molecular complexity index is 374. The number of carbonyl (C=O) groups excluding carboxylic acids is 1. The summed E-state index contributed by atoms with van der Waals surface area (Å²) in [7, 11) is 0. The smallest absolute Gasteiger partial charge is 0.224 e. The summed E-state index contributed by atoms with van der Waals surface area (Å²) in [6.07, 6.45) is 1.41. The molecule has 0 aliphatic carbocycles. The summed E-state index contributed by atoms with van der Waals surface area (Å²) < 4.78 is 0. The number of nitrogens with zero attached hydrogens (tertiary/aromatic N) is 1. The Labute approximate surface area is 101 Å². The lowest BCUT2D eigenvalue weighted by molar-refractivity contribution is -0.127. The van der Waals surface area contributed by atoms with Crippen LogP contribution < -0.4 is 0 Å². The van der Waals surface area contributed by atoms with E-state index >= 15 is 0 Å². The van der Waals surface area contributed by atoms with Gasteiger partial charge in [0, 0.05) is 19.5 Å². The third-order valence-corrected chi connectivity index (χ3v) is 3.25. The molecular weight excluding hydrogens is 222 g/mol. The van der Waals surface area contributed by atoms with Crippen LogP contribution in [0.3, 0.4) is 0 Å². The standard InChI is InChI=1S/C13H16ClNO/c1-10-2-4-11(5-3-10)6-7-15-9-12(14)8-13(15)16/h2-5,12H,6-9H2,1H3. The summed E-state index contributed by atoms with van der Waals surface area (Å²) >= 11 is 5.94. The van der Waals surface area contributed by atoms with Crippen molar-refractivity contribution in [3.63, 3.8) is 0 Å². The highest BCUT2D eigenvalue weighted by Gasteiger charge is 2.27. The van der Waals surface area contributed by atoms with Crippen LogP contribution in [0.5, 0.6) is 0 Å². The van der Waals surface area contributed by atoms with Crippen molar-refractivity contribution in [3.8, 4) is 0 Å². The highest BCUT2D eigenvalue weighted by molar-refractivity contribution is 6.22. The molecule has 2 rings (SSSR count). The topological polar surface area (TPSA) is 20.3 Å². The van der Waals surface area contributed by atoms with E-state index in [0.717, 1.165) is 13.0 Å². The Balaban J connectivity index is 1.88. The van der Waals surface area contributed by atoms with Gasteiger partial charge in [-0.05, 0) is 18.9 Å². The maximum Gasteiger partial charge on any atom is 0.224 e. The number of rotatable bonds is 3. The molecule has 2 nitrogen and oxygen atoms in total. The first-order chi connectivity index (χ1) is 7.65. The number of carbonyl (C=O) groups is 1. The molecule has 1 atom stereocenters. The highest BCUT2D eigenvalue weighted by Crippen LogP contribution is 2.16. The molecule has 1 heterocycles. The largest absolute Gasteiger partial charge is 0.341 e. The van der Waals surface area contributed by atoms with Crippen LogP contribution in [0.1, 0.15) is 17.5 Å². The maximum atomic E-state index is 11.5. The van der Waals surface area contributed by atoms with Gasteiger partial charge in [-0.3, -0.25) is 4.79 Å². The molecule has 1 aliphatic rings. The second kappa shape index (κ2) is 4.88. The molecule has 0 spiro atoms. The fourth-order valence-electron chi connectivity index (χ4n) is 1.96. The second-order valence-corrected chi connectivity index (χ2v) is 4.99. The van der Waals surface area contributed by atoms with Gasteiger partial charge in [-0.15, -0.1) is 11.6 Å². The van der Waals surface area contributed by atoms with Crippen molar-refractivity contribution < 1.29 is 4.79 Å². The van der Waals surface area contributed by atoms with Crippen molar-refractivity contribution in [1.29, 1.82) is 0 Å². The van der Waals surface area contributed by atoms with Gasteiger partial charge in [0.15, 0.2) is 0 Å². The number of halogens is 1. The zero-order chi connectivity index (χ0) is 11.5. The molecule has 1 aliphatic heterocycles. The van der Waals surface area contributed by atoms with Gasteiger partial charge in [0.1, 0.15) is 0 Å². The molecule has 1 aromatic carbocycles. The Morgan fingerprint density at radius 3 is 2.62 bits per heavy atom. The molecule has 0 N–H and O–H groups in total. The van der Waals surface area contributed by atoms with Crippen molar-refractivity contribution in [3.05, 3.63) is 35.4 Å². The fourth-order valence-corrected chi connectivity index (χ4v) is 2.26. The molecule has 16 heavy (non-hydrogen) atoms. The van der Waals surface area contributed by atoms with Gasteiger partial charge in [0.05, 0.1) is 5.38 Å². The van der Waals surface area contributed by atoms with Crippen LogP contribution in [-0.2, 0) is 11.2 Å². The molecule has 0 saturated carbocycles. The zero-order valence-corrected chi connectivity index (χ0v) is 10.2. The number of amides is 1. The van der Waals surface area contributed by atoms with E-state index in [1.54, 1.807) is 0 Å². The Hall–Kier alpha value is -1.02. The Morgan fingerprint density at radius 2 is 2.06 bits per heavy atom. The second-order valence-electron chi connectivity index (χ2n) is 4.38. The quantitative estimate of drug-likeness (QED) is 0.740. The van der Waals surface area contributed by atoms with Crippen molar-refractivity contribution in [1.82, 2.24) is 4.90 Å². The number of hydrogen-bond donors (Lipinski definition) is 0. The first-order valence-corrected chi connectivity index (χ1v) is 6.06. The van der Waals surface area contributed by atoms with Crippen LogP contribution in [0.2, 0.25) is 0 Å². The third kappa shape index (κ3) is 2.76. The summed E-state index contributed by atoms with van der Waals surface area (Å²) in [5.74, 6) is 0.187. The molecule has 1 amide bonds. The van der Waals surface area contributed by atoms with E-state index in [1.807, 2.05) is 4.90 Å². The lowest BCUT2D eigenvalue weighted by Gasteiger charge is -2.15. The van der Waals surface area contributed by atoms with Gasteiger partial charge < -0.3 is 4.90 Å². The SMILES string of the molecule is Cc1ccc(CCN2CC(Cl)CC2=O)cc1. The minimum absolute atomic E-state index is 0.00511. The van der Waals surface area contributed by atoms with Crippen molar-refractivity contribution >= 4 is 17.5 Å². The predicted molar refractivity (Wildman–Crippen MR) is 65.7 cm³/mol. The van der Waals surface area contributed by atoms with Gasteiger partial charge in [-0.25, -0.2) is 0 Å². The molecule has 3 heteroatoms. The van der Waals surface area contributed by atoms with Crippen molar-refractivity contribution in [2.24, 2.45) is 0 Å². The molecule has 0 aromatic heterocycles. The van der Waals surface area contributed by atoms with Crippen LogP contribution in [0.15, 0.2) is 24.3 Å². The average molecular weight is 238 g/mol. The first-order valence-electron chi connectivity index (χ1n) is 5.62. The molecule has 1 saturated heterocycles. The molecule has 86 valence electrons. The van der Waals surface area contributed by atoms with Crippen LogP contribution in [-0.4, -0.2) is 29.3 Å². The van der Waals surface area contributed by atoms with E-state index in [0.29, 0.717) is 13.0 Å². The summed E-state index contributed by atoms with van der Waals surface area (Å²) in [5, 5.41) is 0.00511. The normalized spacial score (nSPS) is 20.5. The van der Waals surface area contributed by atoms with Crippen molar-refractivity contribution in [2.45, 2.75) is 25.1 Å². The number of hydrogen-bond acceptors (Lipinski definition) is 1. The van der Waals surface area contributed by atoms with Gasteiger partial charge in [-0.1, -0.05) is 29.8 Å². The van der Waals surface area contributed by atoms with Crippen LogP contribution in [0, 0.1) is 6.92 Å². The molecule has 1 fully saturated rings. The zero-order valence-electron chi connectivity index (χ0n) is 9.45. The molecular formula is C13H16ClNO. The first kappa shape index (κ1) is 11.5. The summed E-state index contributed by atoms with van der Waals surface area (Å²) in [6.45, 7) is 3.56. The Kier molecular flexibility index (Phi) is 3.49. The van der Waals surface area contributed by atoms with Crippen LogP contribution >= 0.6 is 11.6 Å². The lowest BCUT2D eigenvalue weighted by atomic mass is 10.1. The summed E-state index contributed by atoms with van der Waals surface area (Å²) in [5.41, 5.74) is 2.54. The van der Waals surface area contributed by atoms with Gasteiger partial charge in [0.2, 0.25) is 5.91 Å². The average Bonchev–Trinajstić information content (AvgIpc) is 2.57. The predicted octanol–water partition coefficient (Wildman–Crippen LogP) is 2.38. The van der Waals surface area contributed by atoms with E-state index in [-0.39, 0.29) is 11.3 Å². The molecule has 0 bridgehead atoms. The number of alkyl halides is 1. The van der Waals surface area contributed by atoms with E-state index in [4.69, 9.17) is 11.6 Å². The van der Waals surface area contributed by atoms with E-state index < -0.39 is 0 Å². The minimum Gasteiger partial charge on any atom is -0.341 e. The van der Waals surface area contributed by atoms with Gasteiger partial charge >= 0.3 is 0 Å². The summed E-state index contributed by atoms with van der Waals surface area (Å²) in [6, 6.07) is 8.44. The monoisotopic (exact) mass is 237 g/mol. The van der Waals surface area contributed by atoms with Gasteiger partial charge in [0.25, 0.3) is 0 Å². The minimum atomic E-state index is 0.00511. The highest BCUT2D eigenvalue weighted by atomic mass is 35.5. The molecule has 0 radical (unpaired) electrons. The maximum absolute atomic E-state index is 11.5. The molecule has 1 unspecified atom stereocenters. The van der Waals surface area contributed by atoms with Crippen molar-refractivity contribution in [2.75, 3.05) is 13.1 Å². The Morgan fingerprint density at radius 1 is 1.38 bits per heavy atom. The number of likely N-dealkylation sites (tertiary alicyclic amines) is 1. The van der Waals surface area contributed by atoms with Crippen LogP contribution in [0.25, 0.3) is 0 Å². The number of aryl methyl sites for hydroxylation is 1.